The molecule has 24 heavy (non-hydrogen) atoms. The number of hydrogen-bond acceptors (Lipinski definition) is 5. The molecule has 1 saturated heterocycles. The summed E-state index contributed by atoms with van der Waals surface area (Å²) in [7, 11) is 5.47. The minimum Gasteiger partial charge on any atom is -0.504 e. The van der Waals surface area contributed by atoms with Crippen LogP contribution in [-0.2, 0) is 16.6 Å². The molecule has 5 atom stereocenters. The van der Waals surface area contributed by atoms with Crippen LogP contribution in [0.25, 0.3) is 0 Å². The van der Waals surface area contributed by atoms with Crippen molar-refractivity contribution in [2.45, 2.75) is 49.3 Å². The van der Waals surface area contributed by atoms with E-state index in [2.05, 4.69) is 11.9 Å². The van der Waals surface area contributed by atoms with Crippen molar-refractivity contribution in [3.05, 3.63) is 23.3 Å². The van der Waals surface area contributed by atoms with Crippen LogP contribution < -0.4 is 4.74 Å². The zero-order chi connectivity index (χ0) is 17.1. The summed E-state index contributed by atoms with van der Waals surface area (Å²) in [4.78, 5) is 2.42. The predicted molar refractivity (Wildman–Crippen MR) is 90.6 cm³/mol. The molecule has 132 valence electrons. The van der Waals surface area contributed by atoms with E-state index in [1.807, 2.05) is 12.1 Å². The zero-order valence-corrected chi connectivity index (χ0v) is 14.7. The van der Waals surface area contributed by atoms with Gasteiger partial charge in [0.25, 0.3) is 0 Å². The first-order chi connectivity index (χ1) is 11.5. The summed E-state index contributed by atoms with van der Waals surface area (Å²) in [5, 5.41) is 20.8. The molecule has 3 aliphatic rings. The second-order valence-electron chi connectivity index (χ2n) is 7.73. The molecule has 0 radical (unpaired) electrons. The molecule has 1 aromatic carbocycles. The van der Waals surface area contributed by atoms with Gasteiger partial charge >= 0.3 is 0 Å². The second kappa shape index (κ2) is 5.61. The highest BCUT2D eigenvalue weighted by atomic mass is 16.5. The predicted octanol–water partition coefficient (Wildman–Crippen LogP) is 1.68. The Morgan fingerprint density at radius 3 is 2.79 bits per heavy atom. The Hall–Kier alpha value is -1.30. The highest BCUT2D eigenvalue weighted by Crippen LogP contribution is 2.57. The van der Waals surface area contributed by atoms with Crippen molar-refractivity contribution in [2.24, 2.45) is 5.92 Å². The summed E-state index contributed by atoms with van der Waals surface area (Å²) in [6, 6.07) is 4.32. The van der Waals surface area contributed by atoms with Gasteiger partial charge in [0.05, 0.1) is 19.3 Å². The third-order valence-corrected chi connectivity index (χ3v) is 6.81. The van der Waals surface area contributed by atoms with Crippen LogP contribution in [0.3, 0.4) is 0 Å². The minimum absolute atomic E-state index is 0.00560. The Bertz CT molecular complexity index is 648. The Morgan fingerprint density at radius 2 is 2.08 bits per heavy atom. The first kappa shape index (κ1) is 16.2. The average molecular weight is 333 g/mol. The third kappa shape index (κ3) is 2.11. The van der Waals surface area contributed by atoms with Gasteiger partial charge in [-0.3, -0.25) is 0 Å². The number of piperidine rings is 1. The Balaban J connectivity index is 1.88. The monoisotopic (exact) mass is 333 g/mol. The molecule has 0 unspecified atom stereocenters. The summed E-state index contributed by atoms with van der Waals surface area (Å²) in [5.41, 5.74) is 2.51. The minimum atomic E-state index is -0.400. The number of phenols is 1. The number of rotatable bonds is 2. The van der Waals surface area contributed by atoms with Crippen LogP contribution in [0.15, 0.2) is 12.1 Å². The number of ether oxygens (including phenoxy) is 2. The molecule has 4 rings (SSSR count). The third-order valence-electron chi connectivity index (χ3n) is 6.81. The number of likely N-dealkylation sites (tertiary alicyclic amines) is 1. The van der Waals surface area contributed by atoms with E-state index in [4.69, 9.17) is 9.47 Å². The number of likely N-dealkylation sites (N-methyl/N-ethyl adjacent to an activating group) is 1. The highest BCUT2D eigenvalue weighted by molar-refractivity contribution is 5.52. The van der Waals surface area contributed by atoms with Crippen LogP contribution in [0.2, 0.25) is 0 Å². The standard InChI is InChI=1S/C19H27NO4/c1-20-5-4-19-10-18(24-3)16(22)8-13(19)14(20)6-11-7-15(21)17(23-2)9-12(11)19/h7,9,13-14,16,18,21-22H,4-6,8,10H2,1-3H3/t13-,14-,16+,18+,19-/m0/s1. The lowest BCUT2D eigenvalue weighted by Crippen LogP contribution is -2.63. The number of benzene rings is 1. The molecule has 5 nitrogen and oxygen atoms in total. The Morgan fingerprint density at radius 1 is 1.29 bits per heavy atom. The van der Waals surface area contributed by atoms with Crippen molar-refractivity contribution >= 4 is 0 Å². The molecule has 0 spiro atoms. The fourth-order valence-electron chi connectivity index (χ4n) is 5.56. The van der Waals surface area contributed by atoms with Gasteiger partial charge < -0.3 is 24.6 Å². The maximum absolute atomic E-state index is 10.5. The van der Waals surface area contributed by atoms with E-state index >= 15 is 0 Å². The van der Waals surface area contributed by atoms with E-state index in [0.29, 0.717) is 17.7 Å². The van der Waals surface area contributed by atoms with Crippen LogP contribution in [-0.4, -0.2) is 61.2 Å². The summed E-state index contributed by atoms with van der Waals surface area (Å²) in [6.45, 7) is 1.05. The Kier molecular flexibility index (Phi) is 3.79. The van der Waals surface area contributed by atoms with Gasteiger partial charge in [-0.25, -0.2) is 0 Å². The lowest BCUT2D eigenvalue weighted by Gasteiger charge is -2.60. The van der Waals surface area contributed by atoms with E-state index in [9.17, 15) is 10.2 Å². The van der Waals surface area contributed by atoms with Crippen molar-refractivity contribution in [2.75, 3.05) is 27.8 Å². The topological polar surface area (TPSA) is 62.2 Å². The van der Waals surface area contributed by atoms with E-state index in [1.165, 1.54) is 11.1 Å². The largest absolute Gasteiger partial charge is 0.504 e. The first-order valence-electron chi connectivity index (χ1n) is 8.81. The van der Waals surface area contributed by atoms with Gasteiger partial charge in [-0.05, 0) is 68.5 Å². The number of aromatic hydroxyl groups is 1. The molecule has 1 saturated carbocycles. The van der Waals surface area contributed by atoms with Crippen molar-refractivity contribution in [3.63, 3.8) is 0 Å². The van der Waals surface area contributed by atoms with Crippen molar-refractivity contribution < 1.29 is 19.7 Å². The second-order valence-corrected chi connectivity index (χ2v) is 7.73. The highest BCUT2D eigenvalue weighted by Gasteiger charge is 2.57. The molecule has 5 heteroatoms. The fraction of sp³-hybridized carbons (Fsp3) is 0.684. The SMILES string of the molecule is COc1cc2c(cc1O)C[C@H]1[C@@H]3C[C@@H](O)[C@H](OC)C[C@@]23CCN1C. The van der Waals surface area contributed by atoms with Crippen molar-refractivity contribution in [3.8, 4) is 11.5 Å². The number of methoxy groups -OCH3 is 2. The smallest absolute Gasteiger partial charge is 0.160 e. The normalized spacial score (nSPS) is 38.3. The van der Waals surface area contributed by atoms with Gasteiger partial charge in [0, 0.05) is 18.6 Å². The molecular formula is C19H27NO4. The maximum atomic E-state index is 10.5. The van der Waals surface area contributed by atoms with Crippen LogP contribution in [0.4, 0.5) is 0 Å². The fourth-order valence-corrected chi connectivity index (χ4v) is 5.56. The van der Waals surface area contributed by atoms with E-state index in [0.717, 1.165) is 32.2 Å². The summed E-state index contributed by atoms with van der Waals surface area (Å²) < 4.78 is 11.0. The van der Waals surface area contributed by atoms with Gasteiger partial charge in [-0.1, -0.05) is 0 Å². The maximum Gasteiger partial charge on any atom is 0.160 e. The summed E-state index contributed by atoms with van der Waals surface area (Å²) in [5.74, 6) is 1.17. The van der Waals surface area contributed by atoms with Crippen LogP contribution >= 0.6 is 0 Å². The quantitative estimate of drug-likeness (QED) is 0.862. The number of phenolic OH excluding ortho intramolecular Hbond substituents is 1. The zero-order valence-electron chi connectivity index (χ0n) is 14.7. The molecule has 2 fully saturated rings. The molecule has 2 bridgehead atoms. The molecule has 1 aromatic rings. The van der Waals surface area contributed by atoms with Gasteiger partial charge in [0.15, 0.2) is 11.5 Å². The van der Waals surface area contributed by atoms with Crippen LogP contribution in [0.1, 0.15) is 30.4 Å². The average Bonchev–Trinajstić information content (AvgIpc) is 2.57. The van der Waals surface area contributed by atoms with E-state index < -0.39 is 6.10 Å². The number of hydrogen-bond donors (Lipinski definition) is 2. The van der Waals surface area contributed by atoms with Crippen molar-refractivity contribution in [1.29, 1.82) is 0 Å². The molecule has 2 N–H and O–H groups in total. The van der Waals surface area contributed by atoms with Gasteiger partial charge in [0.1, 0.15) is 0 Å². The van der Waals surface area contributed by atoms with Gasteiger partial charge in [-0.2, -0.15) is 0 Å². The van der Waals surface area contributed by atoms with Crippen molar-refractivity contribution in [1.82, 2.24) is 4.90 Å². The molecular weight excluding hydrogens is 306 g/mol. The van der Waals surface area contributed by atoms with Crippen LogP contribution in [0.5, 0.6) is 11.5 Å². The van der Waals surface area contributed by atoms with E-state index in [-0.39, 0.29) is 17.3 Å². The summed E-state index contributed by atoms with van der Waals surface area (Å²) >= 11 is 0. The first-order valence-corrected chi connectivity index (χ1v) is 8.81. The lowest BCUT2D eigenvalue weighted by molar-refractivity contribution is -0.114. The Labute approximate surface area is 143 Å². The number of nitrogens with zero attached hydrogens (tertiary/aromatic N) is 1. The van der Waals surface area contributed by atoms with E-state index in [1.54, 1.807) is 14.2 Å². The molecule has 0 amide bonds. The number of fused-ring (bicyclic) bond motifs is 1. The van der Waals surface area contributed by atoms with Gasteiger partial charge in [-0.15, -0.1) is 0 Å². The molecule has 0 aromatic heterocycles. The van der Waals surface area contributed by atoms with Crippen LogP contribution in [0, 0.1) is 5.92 Å². The number of aliphatic hydroxyl groups is 1. The lowest BCUT2D eigenvalue weighted by atomic mass is 9.51. The molecule has 1 heterocycles. The molecule has 2 aliphatic carbocycles. The summed E-state index contributed by atoms with van der Waals surface area (Å²) in [6.07, 6.45) is 3.05. The number of aliphatic hydroxyl groups excluding tert-OH is 1. The molecule has 1 aliphatic heterocycles. The van der Waals surface area contributed by atoms with Gasteiger partial charge in [0.2, 0.25) is 0 Å².